The fraction of sp³-hybridized carbons (Fsp3) is 0.176. The van der Waals surface area contributed by atoms with E-state index in [-0.39, 0.29) is 17.4 Å². The van der Waals surface area contributed by atoms with E-state index in [0.29, 0.717) is 10.8 Å². The van der Waals surface area contributed by atoms with Gasteiger partial charge in [-0.1, -0.05) is 23.9 Å². The molecule has 0 fully saturated rings. The van der Waals surface area contributed by atoms with E-state index in [1.54, 1.807) is 24.3 Å². The van der Waals surface area contributed by atoms with Crippen LogP contribution in [-0.2, 0) is 4.79 Å². The molecule has 0 spiro atoms. The number of phenols is 1. The minimum absolute atomic E-state index is 0.126. The molecule has 0 radical (unpaired) electrons. The van der Waals surface area contributed by atoms with E-state index in [9.17, 15) is 9.90 Å². The van der Waals surface area contributed by atoms with Gasteiger partial charge < -0.3 is 10.4 Å². The van der Waals surface area contributed by atoms with Crippen LogP contribution in [0.1, 0.15) is 11.1 Å². The predicted octanol–water partition coefficient (Wildman–Crippen LogP) is 2.72. The van der Waals surface area contributed by atoms with Crippen molar-refractivity contribution in [2.24, 2.45) is 0 Å². The van der Waals surface area contributed by atoms with Gasteiger partial charge in [-0.05, 0) is 65.7 Å². The average molecular weight is 355 g/mol. The molecular weight excluding hydrogens is 338 g/mol. The van der Waals surface area contributed by atoms with Crippen LogP contribution in [0, 0.1) is 13.8 Å². The third-order valence-electron chi connectivity index (χ3n) is 3.75. The van der Waals surface area contributed by atoms with Gasteiger partial charge in [0.2, 0.25) is 11.1 Å². The molecule has 2 aromatic carbocycles. The highest BCUT2D eigenvalue weighted by Crippen LogP contribution is 2.21. The zero-order valence-corrected chi connectivity index (χ0v) is 14.6. The van der Waals surface area contributed by atoms with Gasteiger partial charge >= 0.3 is 0 Å². The highest BCUT2D eigenvalue weighted by Gasteiger charge is 2.12. The lowest BCUT2D eigenvalue weighted by Crippen LogP contribution is -2.15. The second-order valence-electron chi connectivity index (χ2n) is 5.47. The first-order valence-electron chi connectivity index (χ1n) is 7.61. The summed E-state index contributed by atoms with van der Waals surface area (Å²) in [5.41, 5.74) is 3.69. The zero-order chi connectivity index (χ0) is 17.8. The number of hydrogen-bond acceptors (Lipinski definition) is 6. The van der Waals surface area contributed by atoms with Crippen molar-refractivity contribution in [3.05, 3.63) is 53.6 Å². The maximum Gasteiger partial charge on any atom is 0.234 e. The number of aryl methyl sites for hydroxylation is 1. The number of nitrogens with zero attached hydrogens (tertiary/aromatic N) is 4. The standard InChI is InChI=1S/C17H17N5O2S/c1-11-4-3-5-15(12(11)2)18-16(24)10-25-17-19-20-21-22(17)13-6-8-14(23)9-7-13/h3-9,23H,10H2,1-2H3,(H,18,24). The predicted molar refractivity (Wildman–Crippen MR) is 96.1 cm³/mol. The minimum atomic E-state index is -0.126. The number of thioether (sulfide) groups is 1. The number of amides is 1. The summed E-state index contributed by atoms with van der Waals surface area (Å²) in [6.45, 7) is 3.98. The maximum atomic E-state index is 12.2. The third kappa shape index (κ3) is 3.97. The summed E-state index contributed by atoms with van der Waals surface area (Å²) < 4.78 is 1.52. The summed E-state index contributed by atoms with van der Waals surface area (Å²) in [6.07, 6.45) is 0. The molecule has 128 valence electrons. The monoisotopic (exact) mass is 355 g/mol. The molecule has 0 aliphatic heterocycles. The van der Waals surface area contributed by atoms with Crippen LogP contribution < -0.4 is 5.32 Å². The zero-order valence-electron chi connectivity index (χ0n) is 13.8. The van der Waals surface area contributed by atoms with Crippen LogP contribution in [0.4, 0.5) is 5.69 Å². The molecule has 25 heavy (non-hydrogen) atoms. The Hall–Kier alpha value is -2.87. The van der Waals surface area contributed by atoms with Gasteiger partial charge in [-0.3, -0.25) is 4.79 Å². The number of tetrazole rings is 1. The number of carbonyl (C=O) groups excluding carboxylic acids is 1. The first-order valence-corrected chi connectivity index (χ1v) is 8.60. The van der Waals surface area contributed by atoms with Crippen molar-refractivity contribution >= 4 is 23.4 Å². The van der Waals surface area contributed by atoms with E-state index in [1.165, 1.54) is 16.4 Å². The molecule has 1 amide bonds. The average Bonchev–Trinajstić information content (AvgIpc) is 3.06. The molecule has 3 aromatic rings. The highest BCUT2D eigenvalue weighted by atomic mass is 32.2. The number of phenolic OH excluding ortho intramolecular Hbond substituents is 1. The molecule has 0 unspecified atom stereocenters. The van der Waals surface area contributed by atoms with E-state index in [4.69, 9.17) is 0 Å². The Bertz CT molecular complexity index is 892. The Morgan fingerprint density at radius 1 is 1.20 bits per heavy atom. The molecule has 1 aromatic heterocycles. The highest BCUT2D eigenvalue weighted by molar-refractivity contribution is 7.99. The number of anilines is 1. The molecule has 0 bridgehead atoms. The first-order chi connectivity index (χ1) is 12.0. The molecule has 0 saturated heterocycles. The summed E-state index contributed by atoms with van der Waals surface area (Å²) in [5, 5.41) is 24.3. The van der Waals surface area contributed by atoms with E-state index >= 15 is 0 Å². The second-order valence-corrected chi connectivity index (χ2v) is 6.42. The Labute approximate surface area is 149 Å². The van der Waals surface area contributed by atoms with E-state index in [1.807, 2.05) is 32.0 Å². The van der Waals surface area contributed by atoms with Crippen LogP contribution in [-0.4, -0.2) is 37.0 Å². The quantitative estimate of drug-likeness (QED) is 0.684. The fourth-order valence-electron chi connectivity index (χ4n) is 2.23. The Kier molecular flexibility index (Phi) is 4.99. The molecule has 0 atom stereocenters. The molecule has 3 rings (SSSR count). The SMILES string of the molecule is Cc1cccc(NC(=O)CSc2nnnn2-c2ccc(O)cc2)c1C. The van der Waals surface area contributed by atoms with Gasteiger partial charge in [-0.25, -0.2) is 0 Å². The first kappa shape index (κ1) is 17.0. The molecular formula is C17H17N5O2S. The fourth-order valence-corrected chi connectivity index (χ4v) is 2.92. The van der Waals surface area contributed by atoms with Crippen molar-refractivity contribution in [3.63, 3.8) is 0 Å². The molecule has 0 saturated carbocycles. The van der Waals surface area contributed by atoms with Gasteiger partial charge in [0.25, 0.3) is 0 Å². The number of aromatic nitrogens is 4. The van der Waals surface area contributed by atoms with Gasteiger partial charge in [-0.15, -0.1) is 5.10 Å². The molecule has 2 N–H and O–H groups in total. The number of benzene rings is 2. The Balaban J connectivity index is 1.66. The van der Waals surface area contributed by atoms with Crippen LogP contribution in [0.2, 0.25) is 0 Å². The van der Waals surface area contributed by atoms with Crippen LogP contribution in [0.25, 0.3) is 5.69 Å². The van der Waals surface area contributed by atoms with Gasteiger partial charge in [0.05, 0.1) is 11.4 Å². The van der Waals surface area contributed by atoms with Crippen molar-refractivity contribution in [2.75, 3.05) is 11.1 Å². The third-order valence-corrected chi connectivity index (χ3v) is 4.67. The lowest BCUT2D eigenvalue weighted by Gasteiger charge is -2.10. The number of hydrogen-bond donors (Lipinski definition) is 2. The van der Waals surface area contributed by atoms with Crippen LogP contribution in [0.15, 0.2) is 47.6 Å². The van der Waals surface area contributed by atoms with Crippen molar-refractivity contribution in [3.8, 4) is 11.4 Å². The van der Waals surface area contributed by atoms with Crippen molar-refractivity contribution in [1.82, 2.24) is 20.2 Å². The number of rotatable bonds is 5. The number of aromatic hydroxyl groups is 1. The summed E-state index contributed by atoms with van der Waals surface area (Å²) in [6, 6.07) is 12.3. The van der Waals surface area contributed by atoms with Crippen molar-refractivity contribution in [1.29, 1.82) is 0 Å². The molecule has 8 heteroatoms. The van der Waals surface area contributed by atoms with Crippen LogP contribution in [0.3, 0.4) is 0 Å². The van der Waals surface area contributed by atoms with E-state index in [2.05, 4.69) is 20.8 Å². The van der Waals surface area contributed by atoms with Crippen molar-refractivity contribution in [2.45, 2.75) is 19.0 Å². The van der Waals surface area contributed by atoms with Gasteiger partial charge in [0, 0.05) is 5.69 Å². The minimum Gasteiger partial charge on any atom is -0.508 e. The van der Waals surface area contributed by atoms with Gasteiger partial charge in [-0.2, -0.15) is 4.68 Å². The molecule has 1 heterocycles. The number of carbonyl (C=O) groups is 1. The maximum absolute atomic E-state index is 12.2. The lowest BCUT2D eigenvalue weighted by molar-refractivity contribution is -0.113. The summed E-state index contributed by atoms with van der Waals surface area (Å²) in [5.74, 6) is 0.226. The normalized spacial score (nSPS) is 10.6. The Morgan fingerprint density at radius 3 is 2.72 bits per heavy atom. The van der Waals surface area contributed by atoms with E-state index < -0.39 is 0 Å². The summed E-state index contributed by atoms with van der Waals surface area (Å²) >= 11 is 1.24. The van der Waals surface area contributed by atoms with Crippen molar-refractivity contribution < 1.29 is 9.90 Å². The topological polar surface area (TPSA) is 92.9 Å². The lowest BCUT2D eigenvalue weighted by atomic mass is 10.1. The van der Waals surface area contributed by atoms with Crippen LogP contribution >= 0.6 is 11.8 Å². The van der Waals surface area contributed by atoms with Gasteiger partial charge in [0.15, 0.2) is 0 Å². The Morgan fingerprint density at radius 2 is 1.96 bits per heavy atom. The molecule has 0 aliphatic carbocycles. The molecule has 7 nitrogen and oxygen atoms in total. The van der Waals surface area contributed by atoms with Gasteiger partial charge in [0.1, 0.15) is 5.75 Å². The second kappa shape index (κ2) is 7.35. The largest absolute Gasteiger partial charge is 0.508 e. The molecule has 0 aliphatic rings. The van der Waals surface area contributed by atoms with E-state index in [0.717, 1.165) is 16.8 Å². The smallest absolute Gasteiger partial charge is 0.234 e. The summed E-state index contributed by atoms with van der Waals surface area (Å²) in [4.78, 5) is 12.2. The van der Waals surface area contributed by atoms with Crippen LogP contribution in [0.5, 0.6) is 5.75 Å². The number of nitrogens with one attached hydrogen (secondary N) is 1. The summed E-state index contributed by atoms with van der Waals surface area (Å²) in [7, 11) is 0.